The van der Waals surface area contributed by atoms with Crippen molar-refractivity contribution in [3.8, 4) is 5.88 Å². The normalized spacial score (nSPS) is 10.7. The smallest absolute Gasteiger partial charge is 0.335 e. The fourth-order valence-corrected chi connectivity index (χ4v) is 2.38. The zero-order valence-electron chi connectivity index (χ0n) is 14.3. The Labute approximate surface area is 158 Å². The maximum atomic E-state index is 11.9. The summed E-state index contributed by atoms with van der Waals surface area (Å²) >= 11 is 0. The molecule has 0 radical (unpaired) electrons. The van der Waals surface area contributed by atoms with Crippen molar-refractivity contribution in [2.75, 3.05) is 5.32 Å². The highest BCUT2D eigenvalue weighted by Gasteiger charge is 2.06. The largest absolute Gasteiger partial charge is 0.478 e. The number of nitrogens with zero attached hydrogens (tertiary/aromatic N) is 1. The number of amides is 1. The fourth-order valence-electron chi connectivity index (χ4n) is 2.38. The van der Waals surface area contributed by atoms with Crippen molar-refractivity contribution in [3.05, 3.63) is 78.1 Å². The van der Waals surface area contributed by atoms with Crippen LogP contribution in [0.25, 0.3) is 10.9 Å². The van der Waals surface area contributed by atoms with Gasteiger partial charge in [0.1, 0.15) is 0 Å². The van der Waals surface area contributed by atoms with E-state index in [-0.39, 0.29) is 17.0 Å². The molecule has 8 nitrogen and oxygen atoms in total. The molecule has 0 aliphatic carbocycles. The van der Waals surface area contributed by atoms with E-state index >= 15 is 0 Å². The Balaban J connectivity index is 1.66. The lowest BCUT2D eigenvalue weighted by atomic mass is 10.1. The van der Waals surface area contributed by atoms with Gasteiger partial charge >= 0.3 is 11.9 Å². The van der Waals surface area contributed by atoms with E-state index in [4.69, 9.17) is 14.9 Å². The van der Waals surface area contributed by atoms with E-state index in [1.807, 2.05) is 0 Å². The lowest BCUT2D eigenvalue weighted by Crippen LogP contribution is -2.09. The first-order valence-electron chi connectivity index (χ1n) is 8.04. The molecule has 28 heavy (non-hydrogen) atoms. The molecule has 0 aliphatic heterocycles. The number of rotatable bonds is 6. The van der Waals surface area contributed by atoms with E-state index in [0.29, 0.717) is 11.2 Å². The van der Waals surface area contributed by atoms with Gasteiger partial charge in [-0.05, 0) is 36.4 Å². The first-order chi connectivity index (χ1) is 13.4. The minimum atomic E-state index is -1.09. The lowest BCUT2D eigenvalue weighted by molar-refractivity contribution is -0.112. The Bertz CT molecular complexity index is 1110. The highest BCUT2D eigenvalue weighted by Crippen LogP contribution is 2.18. The van der Waals surface area contributed by atoms with Gasteiger partial charge in [0.25, 0.3) is 5.91 Å². The third kappa shape index (κ3) is 4.50. The summed E-state index contributed by atoms with van der Waals surface area (Å²) in [7, 11) is 0. The van der Waals surface area contributed by atoms with Crippen LogP contribution in [0, 0.1) is 0 Å². The van der Waals surface area contributed by atoms with Crippen LogP contribution in [0.5, 0.6) is 5.88 Å². The van der Waals surface area contributed by atoms with Crippen molar-refractivity contribution >= 4 is 34.4 Å². The van der Waals surface area contributed by atoms with Crippen LogP contribution in [0.3, 0.4) is 0 Å². The van der Waals surface area contributed by atoms with E-state index in [1.165, 1.54) is 30.3 Å². The van der Waals surface area contributed by atoms with Crippen LogP contribution in [0.1, 0.15) is 20.7 Å². The van der Waals surface area contributed by atoms with Crippen molar-refractivity contribution in [2.24, 2.45) is 0 Å². The summed E-state index contributed by atoms with van der Waals surface area (Å²) in [5.74, 6) is -2.48. The summed E-state index contributed by atoms with van der Waals surface area (Å²) in [6.07, 6.45) is 2.25. The second-order valence-electron chi connectivity index (χ2n) is 5.66. The summed E-state index contributed by atoms with van der Waals surface area (Å²) in [5, 5.41) is 21.3. The number of hydrogen-bond acceptors (Lipinski definition) is 5. The Morgan fingerprint density at radius 1 is 0.929 bits per heavy atom. The molecule has 0 unspecified atom stereocenters. The summed E-state index contributed by atoms with van der Waals surface area (Å²) in [4.78, 5) is 38.1. The molecule has 0 fully saturated rings. The first kappa shape index (κ1) is 18.6. The molecule has 0 aliphatic rings. The molecular formula is C20H14N2O6. The van der Waals surface area contributed by atoms with Crippen molar-refractivity contribution in [1.82, 2.24) is 4.98 Å². The van der Waals surface area contributed by atoms with Crippen LogP contribution >= 0.6 is 0 Å². The van der Waals surface area contributed by atoms with Crippen LogP contribution in [-0.4, -0.2) is 33.0 Å². The second kappa shape index (κ2) is 8.00. The Morgan fingerprint density at radius 3 is 2.39 bits per heavy atom. The number of nitrogens with one attached hydrogen (secondary N) is 1. The third-order valence-electron chi connectivity index (χ3n) is 3.70. The summed E-state index contributed by atoms with van der Waals surface area (Å²) in [6.45, 7) is 0. The molecule has 2 aromatic carbocycles. The average Bonchev–Trinajstić information content (AvgIpc) is 2.67. The summed E-state index contributed by atoms with van der Waals surface area (Å²) in [6, 6.07) is 13.7. The average molecular weight is 378 g/mol. The molecule has 0 bridgehead atoms. The minimum Gasteiger partial charge on any atom is -0.478 e. The first-order valence-corrected chi connectivity index (χ1v) is 8.04. The number of pyridine rings is 1. The zero-order valence-corrected chi connectivity index (χ0v) is 14.3. The number of ether oxygens (including phenoxy) is 1. The standard InChI is InChI=1S/C20H14N2O6/c23-17(21-15-3-1-2-13(10-15)19(24)25)8-9-28-18-7-6-12-4-5-14(20(26)27)11-16(12)22-18/h1-11H,(H,21,23)(H,24,25)(H,26,27). The number of carboxylic acid groups (broad SMARTS) is 2. The van der Waals surface area contributed by atoms with Crippen molar-refractivity contribution < 1.29 is 29.3 Å². The van der Waals surface area contributed by atoms with Gasteiger partial charge in [0.2, 0.25) is 5.88 Å². The number of hydrogen-bond donors (Lipinski definition) is 3. The Hall–Kier alpha value is -4.20. The minimum absolute atomic E-state index is 0.0547. The Kier molecular flexibility index (Phi) is 5.31. The van der Waals surface area contributed by atoms with Gasteiger partial charge < -0.3 is 20.3 Å². The number of anilines is 1. The number of benzene rings is 2. The number of carboxylic acids is 2. The molecule has 0 spiro atoms. The zero-order chi connectivity index (χ0) is 20.1. The van der Waals surface area contributed by atoms with Crippen molar-refractivity contribution in [1.29, 1.82) is 0 Å². The van der Waals surface area contributed by atoms with Gasteiger partial charge in [0.05, 0.1) is 22.9 Å². The van der Waals surface area contributed by atoms with Crippen LogP contribution in [-0.2, 0) is 4.79 Å². The maximum absolute atomic E-state index is 11.9. The van der Waals surface area contributed by atoms with Crippen molar-refractivity contribution in [2.45, 2.75) is 0 Å². The fraction of sp³-hybridized carbons (Fsp3) is 0. The van der Waals surface area contributed by atoms with Gasteiger partial charge in [0.15, 0.2) is 0 Å². The Morgan fingerprint density at radius 2 is 1.64 bits per heavy atom. The predicted octanol–water partition coefficient (Wildman–Crippen LogP) is 3.16. The molecule has 3 aromatic rings. The van der Waals surface area contributed by atoms with Gasteiger partial charge in [-0.15, -0.1) is 0 Å². The van der Waals surface area contributed by atoms with Crippen LogP contribution in [0.2, 0.25) is 0 Å². The van der Waals surface area contributed by atoms with E-state index in [2.05, 4.69) is 10.3 Å². The number of fused-ring (bicyclic) bond motifs is 1. The number of aromatic carboxylic acids is 2. The van der Waals surface area contributed by atoms with E-state index < -0.39 is 17.8 Å². The molecule has 1 aromatic heterocycles. The highest BCUT2D eigenvalue weighted by molar-refractivity contribution is 6.00. The molecule has 3 rings (SSSR count). The molecular weight excluding hydrogens is 364 g/mol. The summed E-state index contributed by atoms with van der Waals surface area (Å²) in [5.41, 5.74) is 0.940. The van der Waals surface area contributed by atoms with Gasteiger partial charge in [-0.3, -0.25) is 4.79 Å². The summed E-state index contributed by atoms with van der Waals surface area (Å²) < 4.78 is 5.29. The van der Waals surface area contributed by atoms with Crippen LogP contribution < -0.4 is 10.1 Å². The number of carbonyl (C=O) groups is 3. The molecule has 1 heterocycles. The molecule has 3 N–H and O–H groups in total. The van der Waals surface area contributed by atoms with E-state index in [1.54, 1.807) is 24.3 Å². The van der Waals surface area contributed by atoms with E-state index in [0.717, 1.165) is 17.7 Å². The maximum Gasteiger partial charge on any atom is 0.335 e. The number of aromatic nitrogens is 1. The van der Waals surface area contributed by atoms with Gasteiger partial charge in [0, 0.05) is 23.2 Å². The van der Waals surface area contributed by atoms with Crippen LogP contribution in [0.15, 0.2) is 66.9 Å². The quantitative estimate of drug-likeness (QED) is 0.444. The van der Waals surface area contributed by atoms with Gasteiger partial charge in [-0.2, -0.15) is 0 Å². The molecule has 0 saturated heterocycles. The highest BCUT2D eigenvalue weighted by atomic mass is 16.5. The van der Waals surface area contributed by atoms with Gasteiger partial charge in [-0.1, -0.05) is 12.1 Å². The topological polar surface area (TPSA) is 126 Å². The second-order valence-corrected chi connectivity index (χ2v) is 5.66. The van der Waals surface area contributed by atoms with Crippen LogP contribution in [0.4, 0.5) is 5.69 Å². The van der Waals surface area contributed by atoms with Crippen molar-refractivity contribution in [3.63, 3.8) is 0 Å². The molecule has 0 saturated carbocycles. The molecule has 8 heteroatoms. The molecule has 140 valence electrons. The predicted molar refractivity (Wildman–Crippen MR) is 101 cm³/mol. The van der Waals surface area contributed by atoms with E-state index in [9.17, 15) is 14.4 Å². The monoisotopic (exact) mass is 378 g/mol. The van der Waals surface area contributed by atoms with Gasteiger partial charge in [-0.25, -0.2) is 14.6 Å². The lowest BCUT2D eigenvalue weighted by Gasteiger charge is -2.04. The molecule has 0 atom stereocenters. The SMILES string of the molecule is O=C(C=COc1ccc2ccc(C(=O)O)cc2n1)Nc1cccc(C(=O)O)c1. The molecule has 1 amide bonds. The number of carbonyl (C=O) groups excluding carboxylic acids is 1. The third-order valence-corrected chi connectivity index (χ3v) is 3.70.